The molecule has 0 aliphatic heterocycles. The largest absolute Gasteiger partial charge is 0.385 e. The minimum Gasteiger partial charge on any atom is -0.385 e. The molecule has 118 valence electrons. The molecule has 0 radical (unpaired) electrons. The van der Waals surface area contributed by atoms with E-state index in [2.05, 4.69) is 27.8 Å². The molecule has 5 heteroatoms. The van der Waals surface area contributed by atoms with Gasteiger partial charge in [-0.25, -0.2) is 0 Å². The number of hydrogen-bond acceptors (Lipinski definition) is 2. The molecule has 0 atom stereocenters. The van der Waals surface area contributed by atoms with Gasteiger partial charge in [-0.15, -0.1) is 24.0 Å². The third-order valence-corrected chi connectivity index (χ3v) is 3.68. The Morgan fingerprint density at radius 3 is 2.57 bits per heavy atom. The molecule has 1 aliphatic rings. The van der Waals surface area contributed by atoms with E-state index in [0.29, 0.717) is 12.0 Å². The van der Waals surface area contributed by atoms with Crippen molar-refractivity contribution >= 4 is 35.6 Å². The van der Waals surface area contributed by atoms with E-state index in [1.165, 1.54) is 32.1 Å². The highest BCUT2D eigenvalue weighted by molar-refractivity contribution is 14.0. The second kappa shape index (κ2) is 10.7. The first-order chi connectivity index (χ1) is 9.84. The van der Waals surface area contributed by atoms with Crippen molar-refractivity contribution in [2.24, 2.45) is 10.7 Å². The third-order valence-electron chi connectivity index (χ3n) is 3.68. The molecule has 0 heterocycles. The van der Waals surface area contributed by atoms with Crippen molar-refractivity contribution in [2.75, 3.05) is 18.4 Å². The zero-order valence-corrected chi connectivity index (χ0v) is 14.9. The van der Waals surface area contributed by atoms with Crippen LogP contribution < -0.4 is 16.4 Å². The second-order valence-electron chi connectivity index (χ2n) is 5.39. The number of para-hydroxylation sites is 1. The van der Waals surface area contributed by atoms with E-state index in [0.717, 1.165) is 25.2 Å². The molecule has 0 spiro atoms. The number of nitrogens with zero attached hydrogens (tertiary/aromatic N) is 1. The minimum absolute atomic E-state index is 0. The van der Waals surface area contributed by atoms with Gasteiger partial charge in [0.1, 0.15) is 0 Å². The first-order valence-electron chi connectivity index (χ1n) is 7.70. The van der Waals surface area contributed by atoms with Gasteiger partial charge in [0.2, 0.25) is 0 Å². The average molecular weight is 402 g/mol. The Bertz CT molecular complexity index is 402. The van der Waals surface area contributed by atoms with E-state index in [1.54, 1.807) is 0 Å². The Labute approximate surface area is 145 Å². The predicted molar refractivity (Wildman–Crippen MR) is 101 cm³/mol. The highest BCUT2D eigenvalue weighted by Crippen LogP contribution is 2.16. The molecule has 21 heavy (non-hydrogen) atoms. The highest BCUT2D eigenvalue weighted by atomic mass is 127. The lowest BCUT2D eigenvalue weighted by Gasteiger charge is -2.23. The summed E-state index contributed by atoms with van der Waals surface area (Å²) in [5.74, 6) is 0.608. The number of aliphatic imine (C=N–C) groups is 1. The molecule has 0 bridgehead atoms. The number of benzene rings is 1. The molecule has 1 fully saturated rings. The van der Waals surface area contributed by atoms with E-state index in [9.17, 15) is 0 Å². The van der Waals surface area contributed by atoms with Gasteiger partial charge in [0.25, 0.3) is 0 Å². The third kappa shape index (κ3) is 7.55. The van der Waals surface area contributed by atoms with E-state index < -0.39 is 0 Å². The maximum atomic E-state index is 5.92. The molecular formula is C16H27IN4. The molecule has 1 saturated carbocycles. The number of nitrogens with two attached hydrogens (primary N) is 1. The number of halogens is 1. The van der Waals surface area contributed by atoms with Gasteiger partial charge in [-0.2, -0.15) is 0 Å². The van der Waals surface area contributed by atoms with Crippen molar-refractivity contribution in [2.45, 2.75) is 44.6 Å². The van der Waals surface area contributed by atoms with Crippen LogP contribution >= 0.6 is 24.0 Å². The first-order valence-corrected chi connectivity index (χ1v) is 7.70. The number of rotatable bonds is 6. The summed E-state index contributed by atoms with van der Waals surface area (Å²) >= 11 is 0. The smallest absolute Gasteiger partial charge is 0.188 e. The quantitative estimate of drug-likeness (QED) is 0.296. The Morgan fingerprint density at radius 2 is 1.86 bits per heavy atom. The standard InChI is InChI=1S/C16H26N4.HI/c17-16(20-15-10-5-2-6-11-15)19-13-7-12-18-14-8-3-1-4-9-14;/h1,3-4,8-9,15,18H,2,5-7,10-13H2,(H3,17,19,20);1H. The normalized spacial score (nSPS) is 16.1. The van der Waals surface area contributed by atoms with Crippen LogP contribution in [0.25, 0.3) is 0 Å². The van der Waals surface area contributed by atoms with E-state index in [1.807, 2.05) is 18.2 Å². The van der Waals surface area contributed by atoms with Crippen LogP contribution in [0.3, 0.4) is 0 Å². The summed E-state index contributed by atoms with van der Waals surface area (Å²) in [5, 5.41) is 6.70. The van der Waals surface area contributed by atoms with Gasteiger partial charge < -0.3 is 16.4 Å². The highest BCUT2D eigenvalue weighted by Gasteiger charge is 2.12. The predicted octanol–water partition coefficient (Wildman–Crippen LogP) is 3.34. The summed E-state index contributed by atoms with van der Waals surface area (Å²) in [7, 11) is 0. The van der Waals surface area contributed by atoms with Crippen molar-refractivity contribution in [3.8, 4) is 0 Å². The van der Waals surface area contributed by atoms with Crippen LogP contribution in [-0.4, -0.2) is 25.1 Å². The Hall–Kier alpha value is -0.980. The van der Waals surface area contributed by atoms with Crippen molar-refractivity contribution in [3.63, 3.8) is 0 Å². The zero-order chi connectivity index (χ0) is 14.0. The molecule has 0 unspecified atom stereocenters. The molecular weight excluding hydrogens is 375 g/mol. The molecule has 2 rings (SSSR count). The fourth-order valence-electron chi connectivity index (χ4n) is 2.57. The van der Waals surface area contributed by atoms with E-state index >= 15 is 0 Å². The SMILES string of the molecule is I.NC(=NCCCNc1ccccc1)NC1CCCCC1. The summed E-state index contributed by atoms with van der Waals surface area (Å²) in [5.41, 5.74) is 7.07. The molecule has 4 N–H and O–H groups in total. The lowest BCUT2D eigenvalue weighted by atomic mass is 9.96. The lowest BCUT2D eigenvalue weighted by Crippen LogP contribution is -2.41. The van der Waals surface area contributed by atoms with Gasteiger partial charge in [0, 0.05) is 24.8 Å². The molecule has 4 nitrogen and oxygen atoms in total. The number of nitrogens with one attached hydrogen (secondary N) is 2. The topological polar surface area (TPSA) is 62.4 Å². The van der Waals surface area contributed by atoms with Gasteiger partial charge in [0.05, 0.1) is 0 Å². The number of hydrogen-bond donors (Lipinski definition) is 3. The number of guanidine groups is 1. The van der Waals surface area contributed by atoms with Crippen LogP contribution in [0.1, 0.15) is 38.5 Å². The zero-order valence-electron chi connectivity index (χ0n) is 12.6. The van der Waals surface area contributed by atoms with Crippen LogP contribution in [0.5, 0.6) is 0 Å². The molecule has 0 amide bonds. The van der Waals surface area contributed by atoms with Gasteiger partial charge in [0.15, 0.2) is 5.96 Å². The summed E-state index contributed by atoms with van der Waals surface area (Å²) < 4.78 is 0. The lowest BCUT2D eigenvalue weighted by molar-refractivity contribution is 0.412. The summed E-state index contributed by atoms with van der Waals surface area (Å²) in [6, 6.07) is 10.8. The van der Waals surface area contributed by atoms with Crippen LogP contribution in [0.4, 0.5) is 5.69 Å². The second-order valence-corrected chi connectivity index (χ2v) is 5.39. The summed E-state index contributed by atoms with van der Waals surface area (Å²) in [6.07, 6.45) is 7.43. The van der Waals surface area contributed by atoms with Crippen LogP contribution in [0.15, 0.2) is 35.3 Å². The van der Waals surface area contributed by atoms with Crippen LogP contribution in [-0.2, 0) is 0 Å². The molecule has 1 aliphatic carbocycles. The minimum atomic E-state index is 0. The Kier molecular flexibility index (Phi) is 9.21. The molecule has 1 aromatic carbocycles. The number of anilines is 1. The van der Waals surface area contributed by atoms with Crippen LogP contribution in [0.2, 0.25) is 0 Å². The Morgan fingerprint density at radius 1 is 1.14 bits per heavy atom. The van der Waals surface area contributed by atoms with E-state index in [4.69, 9.17) is 5.73 Å². The summed E-state index contributed by atoms with van der Waals surface area (Å²) in [6.45, 7) is 1.69. The molecule has 0 saturated heterocycles. The van der Waals surface area contributed by atoms with E-state index in [-0.39, 0.29) is 24.0 Å². The van der Waals surface area contributed by atoms with Gasteiger partial charge >= 0.3 is 0 Å². The van der Waals surface area contributed by atoms with Crippen molar-refractivity contribution in [1.29, 1.82) is 0 Å². The maximum absolute atomic E-state index is 5.92. The fraction of sp³-hybridized carbons (Fsp3) is 0.562. The monoisotopic (exact) mass is 402 g/mol. The van der Waals surface area contributed by atoms with Gasteiger partial charge in [-0.1, -0.05) is 37.5 Å². The van der Waals surface area contributed by atoms with Gasteiger partial charge in [-0.3, -0.25) is 4.99 Å². The van der Waals surface area contributed by atoms with Crippen molar-refractivity contribution < 1.29 is 0 Å². The fourth-order valence-corrected chi connectivity index (χ4v) is 2.57. The maximum Gasteiger partial charge on any atom is 0.188 e. The summed E-state index contributed by atoms with van der Waals surface area (Å²) in [4.78, 5) is 4.39. The molecule has 0 aromatic heterocycles. The average Bonchev–Trinajstić information content (AvgIpc) is 2.49. The van der Waals surface area contributed by atoms with Crippen LogP contribution in [0, 0.1) is 0 Å². The van der Waals surface area contributed by atoms with Gasteiger partial charge in [-0.05, 0) is 31.4 Å². The molecule has 1 aromatic rings. The first kappa shape index (κ1) is 18.1. The van der Waals surface area contributed by atoms with Crippen molar-refractivity contribution in [1.82, 2.24) is 5.32 Å². The van der Waals surface area contributed by atoms with Crippen molar-refractivity contribution in [3.05, 3.63) is 30.3 Å². The Balaban J connectivity index is 0.00000220.